The van der Waals surface area contributed by atoms with Crippen molar-refractivity contribution in [3.05, 3.63) is 42.2 Å². The summed E-state index contributed by atoms with van der Waals surface area (Å²) in [5.41, 5.74) is 4.33. The topological polar surface area (TPSA) is 102 Å². The second-order valence-corrected chi connectivity index (χ2v) is 9.06. The van der Waals surface area contributed by atoms with Crippen molar-refractivity contribution in [2.45, 2.75) is 46.8 Å². The minimum Gasteiger partial charge on any atom is -0.380 e. The molecule has 4 heterocycles. The molecule has 0 aliphatic carbocycles. The number of carbonyl (C=O) groups excluding carboxylic acids is 1. The van der Waals surface area contributed by atoms with Crippen molar-refractivity contribution in [2.24, 2.45) is 0 Å². The molecular weight excluding hydrogens is 452 g/mol. The number of fused-ring (bicyclic) bond motifs is 1. The first-order chi connectivity index (χ1) is 16.5. The number of imidazole rings is 1. The predicted molar refractivity (Wildman–Crippen MR) is 132 cm³/mol. The Kier molecular flexibility index (Phi) is 7.66. The van der Waals surface area contributed by atoms with Crippen molar-refractivity contribution < 1.29 is 9.53 Å². The van der Waals surface area contributed by atoms with E-state index >= 15 is 0 Å². The third-order valence-electron chi connectivity index (χ3n) is 5.43. The van der Waals surface area contributed by atoms with Crippen LogP contribution in [-0.4, -0.2) is 65.5 Å². The van der Waals surface area contributed by atoms with Crippen LogP contribution < -0.4 is 5.32 Å². The number of ether oxygens (including phenoxy) is 1. The van der Waals surface area contributed by atoms with Crippen molar-refractivity contribution in [3.8, 4) is 11.3 Å². The van der Waals surface area contributed by atoms with E-state index in [9.17, 15) is 4.79 Å². The zero-order valence-electron chi connectivity index (χ0n) is 19.9. The Morgan fingerprint density at radius 1 is 1.29 bits per heavy atom. The Morgan fingerprint density at radius 3 is 2.91 bits per heavy atom. The van der Waals surface area contributed by atoms with Crippen molar-refractivity contribution >= 4 is 34.3 Å². The number of anilines is 2. The molecule has 1 N–H and O–H groups in total. The molecule has 0 unspecified atom stereocenters. The standard InChI is InChI=1S/C23H30N8O2S/c1-5-33-9-7-29(16(2)3)15-19-10-21(34-28-19)27-22-23-24-12-20(31(23)13-17(4)26-22)18-11-25-30(14-18)6-8-32/h8,10-14,16H,5-7,9,15H2,1-4H3,(H,26,27). The average Bonchev–Trinajstić information content (AvgIpc) is 3.53. The molecule has 4 aromatic rings. The van der Waals surface area contributed by atoms with Crippen LogP contribution in [0.3, 0.4) is 0 Å². The van der Waals surface area contributed by atoms with E-state index in [0.29, 0.717) is 24.1 Å². The largest absolute Gasteiger partial charge is 0.380 e. The van der Waals surface area contributed by atoms with E-state index in [1.165, 1.54) is 11.5 Å². The molecule has 0 saturated carbocycles. The lowest BCUT2D eigenvalue weighted by Gasteiger charge is -2.25. The number of aromatic nitrogens is 6. The van der Waals surface area contributed by atoms with E-state index in [1.54, 1.807) is 17.1 Å². The van der Waals surface area contributed by atoms with Crippen LogP contribution in [0.25, 0.3) is 16.9 Å². The molecule has 0 aliphatic heterocycles. The summed E-state index contributed by atoms with van der Waals surface area (Å²) in [6, 6.07) is 2.46. The van der Waals surface area contributed by atoms with Gasteiger partial charge in [0.05, 0.1) is 42.6 Å². The minimum absolute atomic E-state index is 0.220. The van der Waals surface area contributed by atoms with Gasteiger partial charge in [-0.05, 0) is 45.3 Å². The van der Waals surface area contributed by atoms with E-state index in [4.69, 9.17) is 4.74 Å². The first-order valence-corrected chi connectivity index (χ1v) is 12.1. The summed E-state index contributed by atoms with van der Waals surface area (Å²) in [6.07, 6.45) is 8.13. The lowest BCUT2D eigenvalue weighted by Crippen LogP contribution is -2.33. The van der Waals surface area contributed by atoms with Crippen LogP contribution in [-0.2, 0) is 22.6 Å². The summed E-state index contributed by atoms with van der Waals surface area (Å²) in [6.45, 7) is 11.6. The highest BCUT2D eigenvalue weighted by Crippen LogP contribution is 2.28. The van der Waals surface area contributed by atoms with Gasteiger partial charge in [-0.15, -0.1) is 0 Å². The highest BCUT2D eigenvalue weighted by atomic mass is 32.1. The number of nitrogens with one attached hydrogen (secondary N) is 1. The Hall–Kier alpha value is -3.15. The van der Waals surface area contributed by atoms with Crippen LogP contribution in [0.5, 0.6) is 0 Å². The molecule has 0 radical (unpaired) electrons. The normalized spacial score (nSPS) is 11.7. The number of nitrogens with zero attached hydrogens (tertiary/aromatic N) is 7. The van der Waals surface area contributed by atoms with Crippen LogP contribution in [0.1, 0.15) is 32.2 Å². The van der Waals surface area contributed by atoms with Crippen molar-refractivity contribution in [1.29, 1.82) is 0 Å². The van der Waals surface area contributed by atoms with E-state index in [0.717, 1.165) is 53.6 Å². The lowest BCUT2D eigenvalue weighted by molar-refractivity contribution is -0.108. The van der Waals surface area contributed by atoms with Crippen molar-refractivity contribution in [2.75, 3.05) is 25.1 Å². The molecule has 180 valence electrons. The number of aryl methyl sites for hydroxylation is 1. The zero-order valence-corrected chi connectivity index (χ0v) is 20.7. The fraction of sp³-hybridized carbons (Fsp3) is 0.435. The van der Waals surface area contributed by atoms with Crippen LogP contribution >= 0.6 is 11.5 Å². The molecule has 0 bridgehead atoms. The molecule has 0 aromatic carbocycles. The van der Waals surface area contributed by atoms with Gasteiger partial charge in [0.15, 0.2) is 11.5 Å². The van der Waals surface area contributed by atoms with Crippen molar-refractivity contribution in [1.82, 2.24) is 33.4 Å². The molecule has 0 atom stereocenters. The molecule has 0 aliphatic rings. The molecule has 4 rings (SSSR count). The summed E-state index contributed by atoms with van der Waals surface area (Å²) < 4.78 is 13.8. The fourth-order valence-corrected chi connectivity index (χ4v) is 4.35. The van der Waals surface area contributed by atoms with Gasteiger partial charge in [-0.25, -0.2) is 9.97 Å². The quantitative estimate of drug-likeness (QED) is 0.242. The number of carbonyl (C=O) groups is 1. The van der Waals surface area contributed by atoms with Crippen LogP contribution in [0.2, 0.25) is 0 Å². The first-order valence-electron chi connectivity index (χ1n) is 11.3. The summed E-state index contributed by atoms with van der Waals surface area (Å²) in [7, 11) is 0. The molecular formula is C23H30N8O2S. The fourth-order valence-electron chi connectivity index (χ4n) is 3.69. The van der Waals surface area contributed by atoms with Crippen LogP contribution in [0.4, 0.5) is 10.8 Å². The molecule has 34 heavy (non-hydrogen) atoms. The molecule has 0 spiro atoms. The third-order valence-corrected chi connectivity index (χ3v) is 6.17. The first kappa shape index (κ1) is 24.0. The average molecular weight is 483 g/mol. The molecule has 0 amide bonds. The molecule has 11 heteroatoms. The summed E-state index contributed by atoms with van der Waals surface area (Å²) in [4.78, 5) is 22.4. The van der Waals surface area contributed by atoms with Gasteiger partial charge in [-0.2, -0.15) is 9.47 Å². The monoisotopic (exact) mass is 482 g/mol. The lowest BCUT2D eigenvalue weighted by atomic mass is 10.3. The maximum Gasteiger partial charge on any atom is 0.180 e. The Bertz CT molecular complexity index is 1250. The number of aldehydes is 1. The minimum atomic E-state index is 0.220. The molecule has 0 saturated heterocycles. The van der Waals surface area contributed by atoms with Gasteiger partial charge in [0.25, 0.3) is 0 Å². The van der Waals surface area contributed by atoms with Gasteiger partial charge in [-0.3, -0.25) is 14.0 Å². The number of rotatable bonds is 12. The predicted octanol–water partition coefficient (Wildman–Crippen LogP) is 3.55. The Labute approximate surface area is 202 Å². The van der Waals surface area contributed by atoms with Gasteiger partial charge in [0.1, 0.15) is 11.3 Å². The molecule has 0 fully saturated rings. The van der Waals surface area contributed by atoms with Gasteiger partial charge in [-0.1, -0.05) is 0 Å². The third kappa shape index (κ3) is 5.49. The van der Waals surface area contributed by atoms with E-state index in [2.05, 4.69) is 49.6 Å². The van der Waals surface area contributed by atoms with Gasteiger partial charge in [0, 0.05) is 43.7 Å². The Morgan fingerprint density at radius 2 is 2.15 bits per heavy atom. The highest BCUT2D eigenvalue weighted by molar-refractivity contribution is 7.10. The van der Waals surface area contributed by atoms with E-state index < -0.39 is 0 Å². The Balaban J connectivity index is 1.54. The zero-order chi connectivity index (χ0) is 24.1. The summed E-state index contributed by atoms with van der Waals surface area (Å²) in [5, 5.41) is 8.55. The SMILES string of the molecule is CCOCCN(Cc1cc(Nc2nc(C)cn3c(-c4cnn(CC=O)c4)cnc23)sn1)C(C)C. The van der Waals surface area contributed by atoms with Crippen molar-refractivity contribution in [3.63, 3.8) is 0 Å². The van der Waals surface area contributed by atoms with Crippen LogP contribution in [0.15, 0.2) is 30.9 Å². The maximum atomic E-state index is 10.8. The molecule has 10 nitrogen and oxygen atoms in total. The highest BCUT2D eigenvalue weighted by Gasteiger charge is 2.16. The van der Waals surface area contributed by atoms with Gasteiger partial charge >= 0.3 is 0 Å². The smallest absolute Gasteiger partial charge is 0.180 e. The summed E-state index contributed by atoms with van der Waals surface area (Å²) in [5.74, 6) is 0.666. The number of hydrogen-bond acceptors (Lipinski definition) is 9. The van der Waals surface area contributed by atoms with E-state index in [-0.39, 0.29) is 6.54 Å². The molecule has 4 aromatic heterocycles. The van der Waals surface area contributed by atoms with Gasteiger partial charge < -0.3 is 14.8 Å². The van der Waals surface area contributed by atoms with Crippen LogP contribution in [0, 0.1) is 6.92 Å². The van der Waals surface area contributed by atoms with Gasteiger partial charge in [0.2, 0.25) is 0 Å². The number of hydrogen-bond donors (Lipinski definition) is 1. The second-order valence-electron chi connectivity index (χ2n) is 8.25. The summed E-state index contributed by atoms with van der Waals surface area (Å²) >= 11 is 1.41. The maximum absolute atomic E-state index is 10.8. The van der Waals surface area contributed by atoms with E-state index in [1.807, 2.05) is 30.6 Å². The second kappa shape index (κ2) is 10.9.